The molecule has 1 N–H and O–H groups in total. The molecule has 0 radical (unpaired) electrons. The third-order valence-corrected chi connectivity index (χ3v) is 2.72. The number of hydrogen-bond donors (Lipinski definition) is 1. The second kappa shape index (κ2) is 8.09. The van der Waals surface area contributed by atoms with E-state index in [1.807, 2.05) is 30.3 Å². The Hall–Kier alpha value is -1.06. The van der Waals surface area contributed by atoms with E-state index in [1.54, 1.807) is 0 Å². The van der Waals surface area contributed by atoms with Gasteiger partial charge in [0, 0.05) is 19.1 Å². The molecule has 0 amide bonds. The first-order valence-corrected chi connectivity index (χ1v) is 6.27. The Morgan fingerprint density at radius 3 is 2.47 bits per heavy atom. The van der Waals surface area contributed by atoms with Gasteiger partial charge in [-0.1, -0.05) is 18.2 Å². The molecule has 0 bridgehead atoms. The standard InChI is InChI=1S/C14H23NO2/c1-13(2)15(10-11-16)9-6-12-17-14-7-4-3-5-8-14/h3-5,7-8,13,16H,6,9-12H2,1-2H3. The molecule has 0 atom stereocenters. The number of nitrogens with zero attached hydrogens (tertiary/aromatic N) is 1. The van der Waals surface area contributed by atoms with Crippen LogP contribution in [0.25, 0.3) is 0 Å². The van der Waals surface area contributed by atoms with Crippen LogP contribution in [0.2, 0.25) is 0 Å². The first-order valence-electron chi connectivity index (χ1n) is 6.27. The predicted molar refractivity (Wildman–Crippen MR) is 70.3 cm³/mol. The summed E-state index contributed by atoms with van der Waals surface area (Å²) in [5, 5.41) is 8.95. The highest BCUT2D eigenvalue weighted by Crippen LogP contribution is 2.08. The minimum absolute atomic E-state index is 0.220. The van der Waals surface area contributed by atoms with Crippen LogP contribution in [0.1, 0.15) is 20.3 Å². The van der Waals surface area contributed by atoms with E-state index in [0.717, 1.165) is 31.9 Å². The van der Waals surface area contributed by atoms with Gasteiger partial charge >= 0.3 is 0 Å². The molecule has 96 valence electrons. The minimum Gasteiger partial charge on any atom is -0.494 e. The smallest absolute Gasteiger partial charge is 0.119 e. The highest BCUT2D eigenvalue weighted by atomic mass is 16.5. The third-order valence-electron chi connectivity index (χ3n) is 2.72. The van der Waals surface area contributed by atoms with Crippen molar-refractivity contribution in [2.24, 2.45) is 0 Å². The fraction of sp³-hybridized carbons (Fsp3) is 0.571. The summed E-state index contributed by atoms with van der Waals surface area (Å²) in [5.41, 5.74) is 0. The Balaban J connectivity index is 2.18. The molecule has 17 heavy (non-hydrogen) atoms. The van der Waals surface area contributed by atoms with Gasteiger partial charge in [-0.15, -0.1) is 0 Å². The van der Waals surface area contributed by atoms with Crippen LogP contribution in [-0.4, -0.2) is 42.4 Å². The summed E-state index contributed by atoms with van der Waals surface area (Å²) in [6.45, 7) is 6.94. The Morgan fingerprint density at radius 2 is 1.88 bits per heavy atom. The second-order valence-corrected chi connectivity index (χ2v) is 4.37. The van der Waals surface area contributed by atoms with Gasteiger partial charge in [0.05, 0.1) is 13.2 Å². The van der Waals surface area contributed by atoms with E-state index in [0.29, 0.717) is 6.04 Å². The second-order valence-electron chi connectivity index (χ2n) is 4.37. The van der Waals surface area contributed by atoms with Crippen LogP contribution < -0.4 is 4.74 Å². The maximum atomic E-state index is 8.95. The van der Waals surface area contributed by atoms with Gasteiger partial charge < -0.3 is 9.84 Å². The lowest BCUT2D eigenvalue weighted by molar-refractivity contribution is 0.155. The van der Waals surface area contributed by atoms with Crippen LogP contribution in [0.3, 0.4) is 0 Å². The maximum absolute atomic E-state index is 8.95. The van der Waals surface area contributed by atoms with Gasteiger partial charge in [0.1, 0.15) is 5.75 Å². The largest absolute Gasteiger partial charge is 0.494 e. The van der Waals surface area contributed by atoms with E-state index in [1.165, 1.54) is 0 Å². The molecule has 1 rings (SSSR count). The molecule has 3 nitrogen and oxygen atoms in total. The average Bonchev–Trinajstić information content (AvgIpc) is 2.34. The Labute approximate surface area is 104 Å². The summed E-state index contributed by atoms with van der Waals surface area (Å²) in [4.78, 5) is 2.26. The van der Waals surface area contributed by atoms with Gasteiger partial charge in [0.15, 0.2) is 0 Å². The number of ether oxygens (including phenoxy) is 1. The van der Waals surface area contributed by atoms with Gasteiger partial charge in [0.25, 0.3) is 0 Å². The van der Waals surface area contributed by atoms with Crippen molar-refractivity contribution in [3.63, 3.8) is 0 Å². The first kappa shape index (κ1) is 14.0. The van der Waals surface area contributed by atoms with E-state index in [9.17, 15) is 0 Å². The van der Waals surface area contributed by atoms with Crippen molar-refractivity contribution < 1.29 is 9.84 Å². The SMILES string of the molecule is CC(C)N(CCO)CCCOc1ccccc1. The number of rotatable bonds is 8. The van der Waals surface area contributed by atoms with Gasteiger partial charge in [0.2, 0.25) is 0 Å². The molecule has 3 heteroatoms. The molecule has 0 aliphatic heterocycles. The highest BCUT2D eigenvalue weighted by Gasteiger charge is 2.07. The molecule has 0 aromatic heterocycles. The van der Waals surface area contributed by atoms with E-state index >= 15 is 0 Å². The lowest BCUT2D eigenvalue weighted by Crippen LogP contribution is -2.34. The average molecular weight is 237 g/mol. The van der Waals surface area contributed by atoms with E-state index in [2.05, 4.69) is 18.7 Å². The predicted octanol–water partition coefficient (Wildman–Crippen LogP) is 2.16. The molecular weight excluding hydrogens is 214 g/mol. The van der Waals surface area contributed by atoms with E-state index in [-0.39, 0.29) is 6.61 Å². The molecule has 1 aromatic carbocycles. The van der Waals surface area contributed by atoms with Gasteiger partial charge in [-0.3, -0.25) is 4.90 Å². The summed E-state index contributed by atoms with van der Waals surface area (Å²) in [6, 6.07) is 10.3. The van der Waals surface area contributed by atoms with Crippen LogP contribution in [0, 0.1) is 0 Å². The van der Waals surface area contributed by atoms with Crippen LogP contribution in [-0.2, 0) is 0 Å². The first-order chi connectivity index (χ1) is 8.24. The minimum atomic E-state index is 0.220. The highest BCUT2D eigenvalue weighted by molar-refractivity contribution is 5.20. The zero-order chi connectivity index (χ0) is 12.5. The third kappa shape index (κ3) is 5.71. The van der Waals surface area contributed by atoms with Crippen molar-refractivity contribution in [1.82, 2.24) is 4.90 Å². The molecule has 0 saturated heterocycles. The number of aliphatic hydroxyl groups excluding tert-OH is 1. The monoisotopic (exact) mass is 237 g/mol. The van der Waals surface area contributed by atoms with Crippen LogP contribution in [0.4, 0.5) is 0 Å². The van der Waals surface area contributed by atoms with Gasteiger partial charge in [-0.25, -0.2) is 0 Å². The van der Waals surface area contributed by atoms with Crippen molar-refractivity contribution in [3.05, 3.63) is 30.3 Å². The summed E-state index contributed by atoms with van der Waals surface area (Å²) < 4.78 is 5.63. The molecule has 0 aliphatic carbocycles. The maximum Gasteiger partial charge on any atom is 0.119 e. The molecule has 0 spiro atoms. The molecule has 0 aliphatic rings. The summed E-state index contributed by atoms with van der Waals surface area (Å²) in [5.74, 6) is 0.922. The van der Waals surface area contributed by atoms with Crippen LogP contribution in [0.5, 0.6) is 5.75 Å². The fourth-order valence-electron chi connectivity index (χ4n) is 1.73. The molecule has 0 fully saturated rings. The fourth-order valence-corrected chi connectivity index (χ4v) is 1.73. The molecular formula is C14H23NO2. The Morgan fingerprint density at radius 1 is 1.18 bits per heavy atom. The summed E-state index contributed by atoms with van der Waals surface area (Å²) in [7, 11) is 0. The van der Waals surface area contributed by atoms with Crippen LogP contribution in [0.15, 0.2) is 30.3 Å². The van der Waals surface area contributed by atoms with Crippen molar-refractivity contribution in [3.8, 4) is 5.75 Å². The van der Waals surface area contributed by atoms with Gasteiger partial charge in [-0.05, 0) is 32.4 Å². The number of para-hydroxylation sites is 1. The topological polar surface area (TPSA) is 32.7 Å². The normalized spacial score (nSPS) is 11.1. The lowest BCUT2D eigenvalue weighted by Gasteiger charge is -2.25. The Bertz CT molecular complexity index is 288. The van der Waals surface area contributed by atoms with Crippen molar-refractivity contribution >= 4 is 0 Å². The van der Waals surface area contributed by atoms with Gasteiger partial charge in [-0.2, -0.15) is 0 Å². The van der Waals surface area contributed by atoms with E-state index < -0.39 is 0 Å². The molecule has 1 aromatic rings. The van der Waals surface area contributed by atoms with E-state index in [4.69, 9.17) is 9.84 Å². The zero-order valence-electron chi connectivity index (χ0n) is 10.8. The molecule has 0 unspecified atom stereocenters. The van der Waals surface area contributed by atoms with Crippen molar-refractivity contribution in [2.75, 3.05) is 26.3 Å². The Kier molecular flexibility index (Phi) is 6.67. The number of aliphatic hydroxyl groups is 1. The number of hydrogen-bond acceptors (Lipinski definition) is 3. The molecule has 0 heterocycles. The van der Waals surface area contributed by atoms with Crippen LogP contribution >= 0.6 is 0 Å². The molecule has 0 saturated carbocycles. The van der Waals surface area contributed by atoms with Crippen molar-refractivity contribution in [1.29, 1.82) is 0 Å². The number of benzene rings is 1. The zero-order valence-corrected chi connectivity index (χ0v) is 10.8. The summed E-state index contributed by atoms with van der Waals surface area (Å²) in [6.07, 6.45) is 0.979. The quantitative estimate of drug-likeness (QED) is 0.703. The summed E-state index contributed by atoms with van der Waals surface area (Å²) >= 11 is 0. The lowest BCUT2D eigenvalue weighted by atomic mass is 10.3. The van der Waals surface area contributed by atoms with Crippen molar-refractivity contribution in [2.45, 2.75) is 26.3 Å².